The maximum absolute atomic E-state index is 5.89. The average Bonchev–Trinajstić information content (AvgIpc) is 2.11. The summed E-state index contributed by atoms with van der Waals surface area (Å²) in [6.07, 6.45) is 0. The molecule has 2 rings (SSSR count). The SMILES string of the molecule is Cc1cc2nc(Cl)c(C)nc2cc1S. The van der Waals surface area contributed by atoms with Crippen molar-refractivity contribution in [1.82, 2.24) is 9.97 Å². The van der Waals surface area contributed by atoms with Crippen LogP contribution >= 0.6 is 24.2 Å². The Hall–Kier alpha value is -0.800. The first-order valence-corrected chi connectivity index (χ1v) is 5.04. The zero-order chi connectivity index (χ0) is 10.3. The highest BCUT2D eigenvalue weighted by molar-refractivity contribution is 7.80. The van der Waals surface area contributed by atoms with E-state index in [4.69, 9.17) is 11.6 Å². The van der Waals surface area contributed by atoms with E-state index >= 15 is 0 Å². The predicted octanol–water partition coefficient (Wildman–Crippen LogP) is 3.19. The van der Waals surface area contributed by atoms with Crippen molar-refractivity contribution in [3.05, 3.63) is 28.5 Å². The lowest BCUT2D eigenvalue weighted by Crippen LogP contribution is -1.91. The molecule has 72 valence electrons. The third kappa shape index (κ3) is 1.57. The van der Waals surface area contributed by atoms with Crippen LogP contribution in [-0.2, 0) is 0 Å². The molecule has 0 saturated carbocycles. The summed E-state index contributed by atoms with van der Waals surface area (Å²) in [7, 11) is 0. The van der Waals surface area contributed by atoms with Gasteiger partial charge in [0.25, 0.3) is 0 Å². The van der Waals surface area contributed by atoms with Crippen LogP contribution in [0.4, 0.5) is 0 Å². The Labute approximate surface area is 92.7 Å². The zero-order valence-electron chi connectivity index (χ0n) is 7.87. The van der Waals surface area contributed by atoms with Crippen LogP contribution in [-0.4, -0.2) is 9.97 Å². The highest BCUT2D eigenvalue weighted by Gasteiger charge is 2.04. The molecule has 0 aliphatic carbocycles. The van der Waals surface area contributed by atoms with Crippen molar-refractivity contribution in [2.24, 2.45) is 0 Å². The number of hydrogen-bond donors (Lipinski definition) is 1. The topological polar surface area (TPSA) is 25.8 Å². The van der Waals surface area contributed by atoms with Gasteiger partial charge in [-0.3, -0.25) is 0 Å². The van der Waals surface area contributed by atoms with Gasteiger partial charge in [0.2, 0.25) is 0 Å². The van der Waals surface area contributed by atoms with Crippen LogP contribution in [0.2, 0.25) is 5.15 Å². The molecule has 2 nitrogen and oxygen atoms in total. The summed E-state index contributed by atoms with van der Waals surface area (Å²) < 4.78 is 0. The van der Waals surface area contributed by atoms with E-state index in [1.54, 1.807) is 0 Å². The number of aryl methyl sites for hydroxylation is 2. The summed E-state index contributed by atoms with van der Waals surface area (Å²) in [5, 5.41) is 0.462. The molecule has 2 aromatic rings. The number of benzene rings is 1. The molecule has 1 aromatic heterocycles. The van der Waals surface area contributed by atoms with Crippen molar-refractivity contribution in [2.75, 3.05) is 0 Å². The third-order valence-electron chi connectivity index (χ3n) is 2.10. The van der Waals surface area contributed by atoms with Gasteiger partial charge in [-0.15, -0.1) is 12.6 Å². The van der Waals surface area contributed by atoms with Gasteiger partial charge in [0.15, 0.2) is 5.15 Å². The predicted molar refractivity (Wildman–Crippen MR) is 61.3 cm³/mol. The largest absolute Gasteiger partial charge is 0.248 e. The molecule has 0 aliphatic rings. The highest BCUT2D eigenvalue weighted by atomic mass is 35.5. The Balaban J connectivity index is 2.83. The fourth-order valence-electron chi connectivity index (χ4n) is 1.26. The molecule has 0 fully saturated rings. The Morgan fingerprint density at radius 3 is 2.50 bits per heavy atom. The number of thiol groups is 1. The van der Waals surface area contributed by atoms with Crippen LogP contribution in [0.5, 0.6) is 0 Å². The second-order valence-electron chi connectivity index (χ2n) is 3.23. The molecule has 0 N–H and O–H groups in total. The minimum Gasteiger partial charge on any atom is -0.248 e. The van der Waals surface area contributed by atoms with Gasteiger partial charge < -0.3 is 0 Å². The van der Waals surface area contributed by atoms with E-state index in [-0.39, 0.29) is 0 Å². The molecule has 0 unspecified atom stereocenters. The number of rotatable bonds is 0. The lowest BCUT2D eigenvalue weighted by Gasteiger charge is -2.03. The van der Waals surface area contributed by atoms with Crippen LogP contribution in [0, 0.1) is 13.8 Å². The molecule has 0 radical (unpaired) electrons. The van der Waals surface area contributed by atoms with Crippen molar-refractivity contribution in [3.63, 3.8) is 0 Å². The van der Waals surface area contributed by atoms with Gasteiger partial charge in [0.05, 0.1) is 16.7 Å². The summed E-state index contributed by atoms with van der Waals surface area (Å²) in [6, 6.07) is 3.85. The molecule has 0 atom stereocenters. The number of halogens is 1. The Kier molecular flexibility index (Phi) is 2.37. The lowest BCUT2D eigenvalue weighted by molar-refractivity contribution is 1.17. The van der Waals surface area contributed by atoms with Crippen LogP contribution in [0.15, 0.2) is 17.0 Å². The first kappa shape index (κ1) is 9.74. The molecule has 1 heterocycles. The van der Waals surface area contributed by atoms with Gasteiger partial charge in [0, 0.05) is 4.90 Å². The van der Waals surface area contributed by atoms with Gasteiger partial charge in [-0.2, -0.15) is 0 Å². The smallest absolute Gasteiger partial charge is 0.150 e. The summed E-state index contributed by atoms with van der Waals surface area (Å²) >= 11 is 10.2. The molecule has 0 aliphatic heterocycles. The minimum absolute atomic E-state index is 0.462. The van der Waals surface area contributed by atoms with Crippen molar-refractivity contribution in [1.29, 1.82) is 0 Å². The molecule has 0 bridgehead atoms. The van der Waals surface area contributed by atoms with E-state index in [1.165, 1.54) is 0 Å². The van der Waals surface area contributed by atoms with Crippen molar-refractivity contribution in [2.45, 2.75) is 18.7 Å². The van der Waals surface area contributed by atoms with Gasteiger partial charge in [-0.25, -0.2) is 9.97 Å². The lowest BCUT2D eigenvalue weighted by atomic mass is 10.2. The number of hydrogen-bond acceptors (Lipinski definition) is 3. The van der Waals surface area contributed by atoms with E-state index in [9.17, 15) is 0 Å². The second kappa shape index (κ2) is 3.41. The fraction of sp³-hybridized carbons (Fsp3) is 0.200. The monoisotopic (exact) mass is 224 g/mol. The molecular formula is C10H9ClN2S. The molecule has 14 heavy (non-hydrogen) atoms. The minimum atomic E-state index is 0.462. The van der Waals surface area contributed by atoms with Gasteiger partial charge in [-0.1, -0.05) is 11.6 Å². The number of nitrogens with zero attached hydrogens (tertiary/aromatic N) is 2. The van der Waals surface area contributed by atoms with Gasteiger partial charge in [0.1, 0.15) is 0 Å². The molecule has 1 aromatic carbocycles. The van der Waals surface area contributed by atoms with E-state index < -0.39 is 0 Å². The van der Waals surface area contributed by atoms with E-state index in [2.05, 4.69) is 22.6 Å². The summed E-state index contributed by atoms with van der Waals surface area (Å²) in [6.45, 7) is 3.82. The van der Waals surface area contributed by atoms with E-state index in [0.29, 0.717) is 5.15 Å². The number of aromatic nitrogens is 2. The third-order valence-corrected chi connectivity index (χ3v) is 2.94. The molecule has 0 amide bonds. The first-order valence-electron chi connectivity index (χ1n) is 4.21. The van der Waals surface area contributed by atoms with Gasteiger partial charge >= 0.3 is 0 Å². The zero-order valence-corrected chi connectivity index (χ0v) is 9.52. The van der Waals surface area contributed by atoms with Crippen molar-refractivity contribution in [3.8, 4) is 0 Å². The van der Waals surface area contributed by atoms with Crippen LogP contribution in [0.1, 0.15) is 11.3 Å². The molecule has 4 heteroatoms. The maximum atomic E-state index is 5.89. The molecule has 0 saturated heterocycles. The second-order valence-corrected chi connectivity index (χ2v) is 4.07. The average molecular weight is 225 g/mol. The maximum Gasteiger partial charge on any atom is 0.150 e. The summed E-state index contributed by atoms with van der Waals surface area (Å²) in [4.78, 5) is 9.50. The van der Waals surface area contributed by atoms with Gasteiger partial charge in [-0.05, 0) is 31.5 Å². The first-order chi connectivity index (χ1) is 6.58. The van der Waals surface area contributed by atoms with Crippen LogP contribution in [0.3, 0.4) is 0 Å². The van der Waals surface area contributed by atoms with E-state index in [0.717, 1.165) is 27.2 Å². The molecular weight excluding hydrogens is 216 g/mol. The quantitative estimate of drug-likeness (QED) is 0.696. The Bertz CT molecular complexity index is 422. The normalized spacial score (nSPS) is 10.9. The number of fused-ring (bicyclic) bond motifs is 1. The summed E-state index contributed by atoms with van der Waals surface area (Å²) in [5.74, 6) is 0. The van der Waals surface area contributed by atoms with Crippen molar-refractivity contribution >= 4 is 35.3 Å². The van der Waals surface area contributed by atoms with Crippen molar-refractivity contribution < 1.29 is 0 Å². The fourth-order valence-corrected chi connectivity index (χ4v) is 1.58. The summed E-state index contributed by atoms with van der Waals surface area (Å²) in [5.41, 5.74) is 3.48. The Morgan fingerprint density at radius 1 is 1.14 bits per heavy atom. The highest BCUT2D eigenvalue weighted by Crippen LogP contribution is 2.22. The standard InChI is InChI=1S/C10H9ClN2S/c1-5-3-7-8(4-9(5)14)12-6(2)10(11)13-7/h3-4,14H,1-2H3. The Morgan fingerprint density at radius 2 is 1.79 bits per heavy atom. The van der Waals surface area contributed by atoms with Crippen LogP contribution < -0.4 is 0 Å². The van der Waals surface area contributed by atoms with Crippen LogP contribution in [0.25, 0.3) is 11.0 Å². The molecule has 0 spiro atoms. The van der Waals surface area contributed by atoms with E-state index in [1.807, 2.05) is 26.0 Å².